The van der Waals surface area contributed by atoms with Crippen LogP contribution in [0.5, 0.6) is 0 Å². The van der Waals surface area contributed by atoms with Gasteiger partial charge in [-0.3, -0.25) is 14.3 Å². The Morgan fingerprint density at radius 3 is 2.54 bits per heavy atom. The Morgan fingerprint density at radius 2 is 1.88 bits per heavy atom. The van der Waals surface area contributed by atoms with Crippen molar-refractivity contribution in [3.8, 4) is 0 Å². The Bertz CT molecular complexity index is 965. The fraction of sp³-hybridized carbons (Fsp3) is 0.333. The number of hydrogen-bond donors (Lipinski definition) is 2. The van der Waals surface area contributed by atoms with Gasteiger partial charge in [0.1, 0.15) is 12.2 Å². The summed E-state index contributed by atoms with van der Waals surface area (Å²) in [5.41, 5.74) is 2.02. The fourth-order valence-electron chi connectivity index (χ4n) is 2.41. The molecular formula is C18H23N3O4S. The van der Waals surface area contributed by atoms with E-state index in [2.05, 4.69) is 10.0 Å². The quantitative estimate of drug-likeness (QED) is 0.765. The minimum atomic E-state index is -3.57. The third kappa shape index (κ3) is 5.19. The number of aromatic nitrogens is 1. The van der Waals surface area contributed by atoms with Crippen molar-refractivity contribution in [3.05, 3.63) is 63.6 Å². The Labute approximate surface area is 153 Å². The van der Waals surface area contributed by atoms with Gasteiger partial charge in [-0.2, -0.15) is 0 Å². The topological polar surface area (TPSA) is 97.3 Å². The first kappa shape index (κ1) is 19.7. The predicted octanol–water partition coefficient (Wildman–Crippen LogP) is 1.54. The molecule has 1 aromatic heterocycles. The van der Waals surface area contributed by atoms with Crippen LogP contribution in [0, 0.1) is 13.8 Å². The van der Waals surface area contributed by atoms with Crippen molar-refractivity contribution in [3.63, 3.8) is 0 Å². The van der Waals surface area contributed by atoms with Crippen molar-refractivity contribution in [2.75, 3.05) is 10.5 Å². The Kier molecular flexibility index (Phi) is 6.20. The van der Waals surface area contributed by atoms with Gasteiger partial charge in [-0.25, -0.2) is 8.42 Å². The van der Waals surface area contributed by atoms with Crippen LogP contribution < -0.4 is 15.6 Å². The number of nitrogens with zero attached hydrogens (tertiary/aromatic N) is 1. The molecule has 26 heavy (non-hydrogen) atoms. The molecule has 0 aliphatic rings. The maximum absolute atomic E-state index is 12.5. The van der Waals surface area contributed by atoms with Gasteiger partial charge < -0.3 is 9.88 Å². The summed E-state index contributed by atoms with van der Waals surface area (Å²) in [5, 5.41) is 2.77. The fourth-order valence-corrected chi connectivity index (χ4v) is 3.04. The maximum Gasteiger partial charge on any atom is 0.275 e. The average Bonchev–Trinajstić information content (AvgIpc) is 2.59. The maximum atomic E-state index is 12.5. The van der Waals surface area contributed by atoms with Crippen LogP contribution in [0.15, 0.2) is 41.2 Å². The Morgan fingerprint density at radius 1 is 1.15 bits per heavy atom. The molecule has 0 atom stereocenters. The van der Waals surface area contributed by atoms with E-state index in [9.17, 15) is 18.0 Å². The largest absolute Gasteiger partial charge is 0.350 e. The minimum absolute atomic E-state index is 0.0658. The third-order valence-electron chi connectivity index (χ3n) is 3.91. The number of aryl methyl sites for hydroxylation is 2. The number of sulfonamides is 1. The van der Waals surface area contributed by atoms with Crippen LogP contribution in [0.25, 0.3) is 0 Å². The smallest absolute Gasteiger partial charge is 0.275 e. The monoisotopic (exact) mass is 377 g/mol. The number of carbonyl (C=O) groups excluding carboxylic acids is 1. The molecule has 0 spiro atoms. The Balaban J connectivity index is 2.13. The van der Waals surface area contributed by atoms with Crippen molar-refractivity contribution >= 4 is 21.6 Å². The molecule has 0 unspecified atom stereocenters. The summed E-state index contributed by atoms with van der Waals surface area (Å²) in [6.07, 6.45) is 0. The van der Waals surface area contributed by atoms with Crippen molar-refractivity contribution < 1.29 is 13.2 Å². The average molecular weight is 377 g/mol. The first-order valence-corrected chi connectivity index (χ1v) is 9.90. The van der Waals surface area contributed by atoms with Crippen molar-refractivity contribution in [2.45, 2.75) is 33.9 Å². The number of nitrogens with one attached hydrogen (secondary N) is 2. The second-order valence-corrected chi connectivity index (χ2v) is 8.06. The molecule has 0 fully saturated rings. The molecule has 2 N–H and O–H groups in total. The molecule has 1 heterocycles. The van der Waals surface area contributed by atoms with E-state index in [4.69, 9.17) is 0 Å². The zero-order valence-corrected chi connectivity index (χ0v) is 15.9. The summed E-state index contributed by atoms with van der Waals surface area (Å²) in [7, 11) is -3.57. The lowest BCUT2D eigenvalue weighted by atomic mass is 10.1. The van der Waals surface area contributed by atoms with E-state index in [1.54, 1.807) is 13.0 Å². The van der Waals surface area contributed by atoms with E-state index in [1.165, 1.54) is 17.6 Å². The highest BCUT2D eigenvalue weighted by atomic mass is 32.2. The van der Waals surface area contributed by atoms with Crippen LogP contribution in [-0.4, -0.2) is 24.6 Å². The molecule has 2 aromatic rings. The molecule has 0 aliphatic carbocycles. The van der Waals surface area contributed by atoms with Crippen molar-refractivity contribution in [2.24, 2.45) is 0 Å². The van der Waals surface area contributed by atoms with Gasteiger partial charge in [0, 0.05) is 12.2 Å². The molecule has 0 radical (unpaired) electrons. The van der Waals surface area contributed by atoms with E-state index in [-0.39, 0.29) is 23.9 Å². The minimum Gasteiger partial charge on any atom is -0.350 e. The summed E-state index contributed by atoms with van der Waals surface area (Å²) in [6, 6.07) is 10.8. The SMILES string of the molecule is CCS(=O)(=O)Nc1ccc(C)n(CC(=O)NCc2cccc(C)c2)c1=O. The van der Waals surface area contributed by atoms with Gasteiger partial charge in [0.25, 0.3) is 5.56 Å². The predicted molar refractivity (Wildman–Crippen MR) is 102 cm³/mol. The second kappa shape index (κ2) is 8.18. The zero-order chi connectivity index (χ0) is 19.3. The van der Waals surface area contributed by atoms with Gasteiger partial charge in [0.2, 0.25) is 15.9 Å². The summed E-state index contributed by atoms with van der Waals surface area (Å²) < 4.78 is 26.9. The van der Waals surface area contributed by atoms with E-state index in [0.717, 1.165) is 11.1 Å². The molecule has 0 bridgehead atoms. The highest BCUT2D eigenvalue weighted by Crippen LogP contribution is 2.07. The molecule has 1 amide bonds. The first-order valence-electron chi connectivity index (χ1n) is 8.25. The summed E-state index contributed by atoms with van der Waals surface area (Å²) in [6.45, 7) is 5.31. The van der Waals surface area contributed by atoms with Crippen LogP contribution in [-0.2, 0) is 27.9 Å². The number of anilines is 1. The molecule has 7 nitrogen and oxygen atoms in total. The number of hydrogen-bond acceptors (Lipinski definition) is 4. The number of amides is 1. The van der Waals surface area contributed by atoms with Crippen LogP contribution >= 0.6 is 0 Å². The van der Waals surface area contributed by atoms with Gasteiger partial charge in [0.05, 0.1) is 5.75 Å². The van der Waals surface area contributed by atoms with E-state index in [1.807, 2.05) is 31.2 Å². The van der Waals surface area contributed by atoms with E-state index >= 15 is 0 Å². The van der Waals surface area contributed by atoms with Crippen LogP contribution in [0.1, 0.15) is 23.7 Å². The number of pyridine rings is 1. The lowest BCUT2D eigenvalue weighted by molar-refractivity contribution is -0.121. The van der Waals surface area contributed by atoms with E-state index in [0.29, 0.717) is 12.2 Å². The molecule has 8 heteroatoms. The number of rotatable bonds is 7. The standard InChI is InChI=1S/C18H23N3O4S/c1-4-26(24,25)20-16-9-8-14(3)21(18(16)23)12-17(22)19-11-15-7-5-6-13(2)10-15/h5-10,20H,4,11-12H2,1-3H3,(H,19,22). The molecule has 0 saturated heterocycles. The molecular weight excluding hydrogens is 354 g/mol. The van der Waals surface area contributed by atoms with Gasteiger partial charge >= 0.3 is 0 Å². The highest BCUT2D eigenvalue weighted by Gasteiger charge is 2.14. The molecule has 1 aromatic carbocycles. The van der Waals surface area contributed by atoms with Crippen molar-refractivity contribution in [1.29, 1.82) is 0 Å². The molecule has 0 saturated carbocycles. The number of benzene rings is 1. The van der Waals surface area contributed by atoms with Gasteiger partial charge in [-0.1, -0.05) is 29.8 Å². The zero-order valence-electron chi connectivity index (χ0n) is 15.1. The number of carbonyl (C=O) groups is 1. The third-order valence-corrected chi connectivity index (χ3v) is 5.20. The van der Waals surface area contributed by atoms with E-state index < -0.39 is 15.6 Å². The van der Waals surface area contributed by atoms with Gasteiger partial charge in [0.15, 0.2) is 0 Å². The second-order valence-electron chi connectivity index (χ2n) is 6.05. The molecule has 140 valence electrons. The normalized spacial score (nSPS) is 11.2. The summed E-state index contributed by atoms with van der Waals surface area (Å²) >= 11 is 0. The van der Waals surface area contributed by atoms with Crippen LogP contribution in [0.3, 0.4) is 0 Å². The van der Waals surface area contributed by atoms with Crippen LogP contribution in [0.2, 0.25) is 0 Å². The highest BCUT2D eigenvalue weighted by molar-refractivity contribution is 7.92. The van der Waals surface area contributed by atoms with Gasteiger partial charge in [-0.05, 0) is 38.5 Å². The Hall–Kier alpha value is -2.61. The lowest BCUT2D eigenvalue weighted by Gasteiger charge is -2.13. The molecule has 0 aliphatic heterocycles. The molecule has 2 rings (SSSR count). The lowest BCUT2D eigenvalue weighted by Crippen LogP contribution is -2.34. The van der Waals surface area contributed by atoms with Crippen LogP contribution in [0.4, 0.5) is 5.69 Å². The summed E-state index contributed by atoms with van der Waals surface area (Å²) in [5.74, 6) is -0.468. The van der Waals surface area contributed by atoms with Crippen molar-refractivity contribution in [1.82, 2.24) is 9.88 Å². The van der Waals surface area contributed by atoms with Gasteiger partial charge in [-0.15, -0.1) is 0 Å². The first-order chi connectivity index (χ1) is 12.2. The summed E-state index contributed by atoms with van der Waals surface area (Å²) in [4.78, 5) is 24.7.